The second-order valence-electron chi connectivity index (χ2n) is 9.97. The van der Waals surface area contributed by atoms with Crippen LogP contribution in [0.3, 0.4) is 0 Å². The minimum absolute atomic E-state index is 0.118. The van der Waals surface area contributed by atoms with E-state index in [1.54, 1.807) is 42.3 Å². The number of pyridine rings is 2. The van der Waals surface area contributed by atoms with Crippen LogP contribution in [0.4, 0.5) is 10.6 Å². The lowest BCUT2D eigenvalue weighted by Crippen LogP contribution is -2.37. The summed E-state index contributed by atoms with van der Waals surface area (Å²) in [7, 11) is 0. The third-order valence-electron chi connectivity index (χ3n) is 5.61. The van der Waals surface area contributed by atoms with Crippen molar-refractivity contribution >= 4 is 17.8 Å². The van der Waals surface area contributed by atoms with Crippen LogP contribution < -0.4 is 5.32 Å². The fourth-order valence-electron chi connectivity index (χ4n) is 3.63. The number of hydrogen-bond donors (Lipinski definition) is 2. The summed E-state index contributed by atoms with van der Waals surface area (Å²) in [6, 6.07) is 6.45. The molecule has 36 heavy (non-hydrogen) atoms. The molecule has 4 heterocycles. The molecule has 0 saturated heterocycles. The van der Waals surface area contributed by atoms with Gasteiger partial charge in [-0.3, -0.25) is 9.78 Å². The van der Waals surface area contributed by atoms with Crippen LogP contribution in [0.15, 0.2) is 30.5 Å². The van der Waals surface area contributed by atoms with E-state index >= 15 is 0 Å². The van der Waals surface area contributed by atoms with E-state index in [9.17, 15) is 14.7 Å². The van der Waals surface area contributed by atoms with E-state index in [-0.39, 0.29) is 29.9 Å². The maximum atomic E-state index is 13.0. The minimum Gasteiger partial charge on any atom is -0.449 e. The summed E-state index contributed by atoms with van der Waals surface area (Å²) in [5, 5.41) is 23.8. The Hall–Kier alpha value is -3.93. The molecule has 1 aliphatic rings. The summed E-state index contributed by atoms with van der Waals surface area (Å²) in [5.41, 5.74) is 2.39. The zero-order valence-corrected chi connectivity index (χ0v) is 20.8. The molecule has 4 rings (SSSR count). The van der Waals surface area contributed by atoms with E-state index in [4.69, 9.17) is 4.74 Å². The van der Waals surface area contributed by atoms with Crippen molar-refractivity contribution in [3.63, 3.8) is 0 Å². The number of ether oxygens (including phenoxy) is 1. The molecule has 0 aliphatic carbocycles. The second kappa shape index (κ2) is 10.4. The van der Waals surface area contributed by atoms with Crippen LogP contribution in [-0.2, 0) is 17.7 Å². The number of hydrogen-bond acceptors (Lipinski definition) is 9. The Labute approximate surface area is 208 Å². The van der Waals surface area contributed by atoms with Gasteiger partial charge in [0.15, 0.2) is 0 Å². The molecule has 2 amide bonds. The van der Waals surface area contributed by atoms with Crippen molar-refractivity contribution in [2.75, 3.05) is 25.1 Å². The summed E-state index contributed by atoms with van der Waals surface area (Å²) < 4.78 is 6.91. The zero-order chi connectivity index (χ0) is 25.9. The van der Waals surface area contributed by atoms with Gasteiger partial charge < -0.3 is 20.1 Å². The lowest BCUT2D eigenvalue weighted by atomic mass is 9.99. The first-order chi connectivity index (χ1) is 17.1. The number of fused-ring (bicyclic) bond motifs is 1. The molecule has 0 spiro atoms. The minimum atomic E-state index is -0.432. The third kappa shape index (κ3) is 5.82. The Morgan fingerprint density at radius 1 is 1.25 bits per heavy atom. The Morgan fingerprint density at radius 3 is 2.81 bits per heavy atom. The Morgan fingerprint density at radius 2 is 2.06 bits per heavy atom. The number of anilines is 1. The van der Waals surface area contributed by atoms with Gasteiger partial charge in [-0.2, -0.15) is 0 Å². The first kappa shape index (κ1) is 25.2. The Kier molecular flexibility index (Phi) is 7.25. The predicted octanol–water partition coefficient (Wildman–Crippen LogP) is 2.48. The quantitative estimate of drug-likeness (QED) is 0.527. The number of carbonyl (C=O) groups is 2. The fourth-order valence-corrected chi connectivity index (χ4v) is 3.63. The molecule has 12 heteroatoms. The molecule has 12 nitrogen and oxygen atoms in total. The van der Waals surface area contributed by atoms with Crippen molar-refractivity contribution in [2.45, 2.75) is 46.7 Å². The molecule has 1 aliphatic heterocycles. The van der Waals surface area contributed by atoms with Crippen LogP contribution in [0.25, 0.3) is 11.5 Å². The molecule has 2 N–H and O–H groups in total. The van der Waals surface area contributed by atoms with E-state index in [1.165, 1.54) is 4.68 Å². The number of aliphatic hydroxyl groups excluding tert-OH is 1. The van der Waals surface area contributed by atoms with Crippen LogP contribution in [0, 0.1) is 5.41 Å². The van der Waals surface area contributed by atoms with E-state index in [1.807, 2.05) is 20.8 Å². The van der Waals surface area contributed by atoms with Gasteiger partial charge in [-0.25, -0.2) is 14.5 Å². The van der Waals surface area contributed by atoms with Gasteiger partial charge >= 0.3 is 6.09 Å². The van der Waals surface area contributed by atoms with Crippen LogP contribution in [0.2, 0.25) is 0 Å². The smallest absolute Gasteiger partial charge is 0.410 e. The lowest BCUT2D eigenvalue weighted by Gasteiger charge is -2.29. The molecule has 0 aromatic carbocycles. The fraction of sp³-hybridized carbons (Fsp3) is 0.458. The Balaban J connectivity index is 1.46. The zero-order valence-electron chi connectivity index (χ0n) is 20.8. The van der Waals surface area contributed by atoms with Gasteiger partial charge in [0.25, 0.3) is 5.91 Å². The molecule has 190 valence electrons. The largest absolute Gasteiger partial charge is 0.449 e. The molecule has 3 aromatic heterocycles. The van der Waals surface area contributed by atoms with Gasteiger partial charge in [0.2, 0.25) is 5.82 Å². The van der Waals surface area contributed by atoms with Gasteiger partial charge in [-0.05, 0) is 58.5 Å². The van der Waals surface area contributed by atoms with Crippen molar-refractivity contribution in [3.8, 4) is 11.5 Å². The number of amides is 2. The highest BCUT2D eigenvalue weighted by atomic mass is 16.6. The molecular formula is C24H30N8O4. The predicted molar refractivity (Wildman–Crippen MR) is 130 cm³/mol. The Bertz CT molecular complexity index is 1250. The van der Waals surface area contributed by atoms with Gasteiger partial charge in [0.05, 0.1) is 19.3 Å². The number of rotatable bonds is 6. The number of tetrazole rings is 1. The van der Waals surface area contributed by atoms with Crippen molar-refractivity contribution in [3.05, 3.63) is 47.3 Å². The molecule has 0 fully saturated rings. The molecule has 0 bridgehead atoms. The average Bonchev–Trinajstić information content (AvgIpc) is 3.36. The normalized spacial score (nSPS) is 14.2. The monoisotopic (exact) mass is 494 g/mol. The lowest BCUT2D eigenvalue weighted by molar-refractivity contribution is 0.0688. The van der Waals surface area contributed by atoms with Crippen molar-refractivity contribution in [1.29, 1.82) is 0 Å². The standard InChI is InChI=1S/C24H30N8O4/c1-15(13-33)32-21(28-29-30-32)18-6-5-7-20(26-18)27-22(34)19-10-17-12-31(9-8-16(17)11-25-19)23(35)36-14-24(2,3)4/h5-7,10-11,15,33H,8-9,12-14H2,1-4H3,(H,26,27,34)/t15-/m1/s1. The topological polar surface area (TPSA) is 148 Å². The number of carbonyl (C=O) groups excluding carboxylic acids is 2. The van der Waals surface area contributed by atoms with Crippen molar-refractivity contribution in [1.82, 2.24) is 35.1 Å². The summed E-state index contributed by atoms with van der Waals surface area (Å²) in [5.74, 6) is 0.242. The summed E-state index contributed by atoms with van der Waals surface area (Å²) >= 11 is 0. The van der Waals surface area contributed by atoms with Gasteiger partial charge in [0, 0.05) is 19.3 Å². The van der Waals surface area contributed by atoms with Crippen molar-refractivity contribution < 1.29 is 19.4 Å². The first-order valence-electron chi connectivity index (χ1n) is 11.7. The number of nitrogens with one attached hydrogen (secondary N) is 1. The molecule has 0 radical (unpaired) electrons. The molecular weight excluding hydrogens is 464 g/mol. The van der Waals surface area contributed by atoms with Crippen LogP contribution in [-0.4, -0.2) is 71.9 Å². The first-order valence-corrected chi connectivity index (χ1v) is 11.7. The van der Waals surface area contributed by atoms with E-state index in [2.05, 4.69) is 30.8 Å². The number of aromatic nitrogens is 6. The SMILES string of the molecule is C[C@H](CO)n1nnnc1-c1cccc(NC(=O)c2cc3c(cn2)CCN(C(=O)OCC(C)(C)C)C3)n1. The summed E-state index contributed by atoms with van der Waals surface area (Å²) in [6.07, 6.45) is 1.95. The highest BCUT2D eigenvalue weighted by molar-refractivity contribution is 6.02. The molecule has 0 unspecified atom stereocenters. The van der Waals surface area contributed by atoms with E-state index in [0.29, 0.717) is 43.5 Å². The van der Waals surface area contributed by atoms with E-state index in [0.717, 1.165) is 11.1 Å². The highest BCUT2D eigenvalue weighted by Gasteiger charge is 2.25. The van der Waals surface area contributed by atoms with E-state index < -0.39 is 5.91 Å². The van der Waals surface area contributed by atoms with Gasteiger partial charge in [0.1, 0.15) is 17.2 Å². The molecule has 0 saturated carbocycles. The van der Waals surface area contributed by atoms with Crippen molar-refractivity contribution in [2.24, 2.45) is 5.41 Å². The summed E-state index contributed by atoms with van der Waals surface area (Å²) in [6.45, 7) is 8.87. The molecule has 3 aromatic rings. The van der Waals surface area contributed by atoms with Crippen LogP contribution >= 0.6 is 0 Å². The maximum absolute atomic E-state index is 13.0. The number of aliphatic hydroxyl groups is 1. The van der Waals surface area contributed by atoms with Gasteiger partial charge in [-0.1, -0.05) is 26.8 Å². The van der Waals surface area contributed by atoms with Crippen LogP contribution in [0.5, 0.6) is 0 Å². The maximum Gasteiger partial charge on any atom is 0.410 e. The third-order valence-corrected chi connectivity index (χ3v) is 5.61. The average molecular weight is 495 g/mol. The summed E-state index contributed by atoms with van der Waals surface area (Å²) in [4.78, 5) is 35.8. The number of nitrogens with zero attached hydrogens (tertiary/aromatic N) is 7. The van der Waals surface area contributed by atoms with Gasteiger partial charge in [-0.15, -0.1) is 5.10 Å². The second-order valence-corrected chi connectivity index (χ2v) is 9.97. The van der Waals surface area contributed by atoms with Crippen LogP contribution in [0.1, 0.15) is 55.4 Å². The highest BCUT2D eigenvalue weighted by Crippen LogP contribution is 2.22. The molecule has 1 atom stereocenters.